The van der Waals surface area contributed by atoms with Crippen molar-refractivity contribution in [1.82, 2.24) is 4.57 Å². The van der Waals surface area contributed by atoms with E-state index in [1.54, 1.807) is 0 Å². The molecule has 2 heteroatoms. The van der Waals surface area contributed by atoms with E-state index in [0.717, 1.165) is 29.2 Å². The largest absolute Gasteiger partial charge is 0.310 e. The lowest BCUT2D eigenvalue weighted by atomic mass is 9.70. The summed E-state index contributed by atoms with van der Waals surface area (Å²) in [6.45, 7) is 2.25. The fourth-order valence-corrected chi connectivity index (χ4v) is 9.35. The summed E-state index contributed by atoms with van der Waals surface area (Å²) in [6, 6.07) is 71.6. The van der Waals surface area contributed by atoms with Crippen molar-refractivity contribution in [2.24, 2.45) is 0 Å². The Labute approximate surface area is 309 Å². The van der Waals surface area contributed by atoms with E-state index in [0.29, 0.717) is 0 Å². The highest BCUT2D eigenvalue weighted by molar-refractivity contribution is 6.10. The van der Waals surface area contributed by atoms with Gasteiger partial charge in [0.25, 0.3) is 0 Å². The Morgan fingerprint density at radius 1 is 0.509 bits per heavy atom. The molecule has 9 aromatic rings. The van der Waals surface area contributed by atoms with E-state index in [1.165, 1.54) is 71.9 Å². The van der Waals surface area contributed by atoms with E-state index in [-0.39, 0.29) is 0 Å². The first-order valence-corrected chi connectivity index (χ1v) is 18.5. The summed E-state index contributed by atoms with van der Waals surface area (Å²) in [5.41, 5.74) is 18.0. The molecule has 53 heavy (non-hydrogen) atoms. The third-order valence-electron chi connectivity index (χ3n) is 11.6. The van der Waals surface area contributed by atoms with E-state index in [2.05, 4.69) is 198 Å². The maximum absolute atomic E-state index is 3.67. The van der Waals surface area contributed by atoms with Crippen LogP contribution in [0.2, 0.25) is 0 Å². The first kappa shape index (κ1) is 29.9. The Morgan fingerprint density at radius 2 is 1.17 bits per heavy atom. The summed E-state index contributed by atoms with van der Waals surface area (Å²) in [4.78, 5) is 2.42. The summed E-state index contributed by atoms with van der Waals surface area (Å²) in [5, 5.41) is 2.46. The summed E-state index contributed by atoms with van der Waals surface area (Å²) in [6.07, 6.45) is 0.981. The second-order valence-corrected chi connectivity index (χ2v) is 14.2. The minimum absolute atomic E-state index is 0.495. The van der Waals surface area contributed by atoms with Gasteiger partial charge in [0.1, 0.15) is 0 Å². The maximum atomic E-state index is 3.67. The van der Waals surface area contributed by atoms with Crippen molar-refractivity contribution in [2.75, 3.05) is 4.90 Å². The lowest BCUT2D eigenvalue weighted by molar-refractivity contribution is 0.792. The van der Waals surface area contributed by atoms with Crippen molar-refractivity contribution in [1.29, 1.82) is 0 Å². The van der Waals surface area contributed by atoms with E-state index >= 15 is 0 Å². The summed E-state index contributed by atoms with van der Waals surface area (Å²) in [5.74, 6) is 0. The van der Waals surface area contributed by atoms with Gasteiger partial charge in [0.2, 0.25) is 0 Å². The molecule has 2 aliphatic rings. The number of aromatic nitrogens is 1. The van der Waals surface area contributed by atoms with E-state index < -0.39 is 5.41 Å². The Balaban J connectivity index is 1.18. The summed E-state index contributed by atoms with van der Waals surface area (Å²) < 4.78 is 2.38. The Hall–Kier alpha value is -6.82. The number of anilines is 3. The van der Waals surface area contributed by atoms with Crippen molar-refractivity contribution in [3.63, 3.8) is 0 Å². The van der Waals surface area contributed by atoms with Gasteiger partial charge in [-0.05, 0) is 124 Å². The molecule has 0 radical (unpaired) electrons. The van der Waals surface area contributed by atoms with Crippen LogP contribution in [0.1, 0.15) is 34.7 Å². The molecular formula is C51H34N2. The minimum atomic E-state index is -0.495. The van der Waals surface area contributed by atoms with Crippen LogP contribution in [0.3, 0.4) is 0 Å². The molecule has 8 aromatic carbocycles. The predicted octanol–water partition coefficient (Wildman–Crippen LogP) is 12.8. The minimum Gasteiger partial charge on any atom is -0.310 e. The molecule has 0 saturated carbocycles. The van der Waals surface area contributed by atoms with E-state index in [4.69, 9.17) is 0 Å². The predicted molar refractivity (Wildman–Crippen MR) is 219 cm³/mol. The number of nitrogens with zero attached hydrogens (tertiary/aromatic N) is 2. The zero-order chi connectivity index (χ0) is 35.1. The number of hydrogen-bond acceptors (Lipinski definition) is 1. The van der Waals surface area contributed by atoms with E-state index in [9.17, 15) is 0 Å². The number of fused-ring (bicyclic) bond motifs is 13. The van der Waals surface area contributed by atoms with Gasteiger partial charge in [-0.3, -0.25) is 0 Å². The molecule has 0 saturated heterocycles. The van der Waals surface area contributed by atoms with Gasteiger partial charge in [-0.2, -0.15) is 0 Å². The van der Waals surface area contributed by atoms with Gasteiger partial charge in [0.15, 0.2) is 0 Å². The van der Waals surface area contributed by atoms with Gasteiger partial charge in [0.05, 0.1) is 16.4 Å². The Bertz CT molecular complexity index is 2870. The second-order valence-electron chi connectivity index (χ2n) is 14.2. The lowest BCUT2D eigenvalue weighted by Gasteiger charge is -2.31. The molecule has 11 rings (SSSR count). The van der Waals surface area contributed by atoms with Crippen LogP contribution in [-0.2, 0) is 11.8 Å². The van der Waals surface area contributed by atoms with Gasteiger partial charge < -0.3 is 9.47 Å². The second kappa shape index (κ2) is 11.3. The molecule has 1 aromatic heterocycles. The molecule has 2 aliphatic carbocycles. The van der Waals surface area contributed by atoms with Gasteiger partial charge in [-0.1, -0.05) is 122 Å². The summed E-state index contributed by atoms with van der Waals surface area (Å²) >= 11 is 0. The van der Waals surface area contributed by atoms with Gasteiger partial charge in [-0.25, -0.2) is 0 Å². The molecule has 0 bridgehead atoms. The van der Waals surface area contributed by atoms with Crippen molar-refractivity contribution >= 4 is 38.9 Å². The Kier molecular flexibility index (Phi) is 6.39. The fourth-order valence-electron chi connectivity index (χ4n) is 9.35. The van der Waals surface area contributed by atoms with Crippen molar-refractivity contribution in [3.05, 3.63) is 216 Å². The zero-order valence-electron chi connectivity index (χ0n) is 29.3. The van der Waals surface area contributed by atoms with Crippen LogP contribution in [-0.4, -0.2) is 4.57 Å². The van der Waals surface area contributed by atoms with Crippen LogP contribution in [0.5, 0.6) is 0 Å². The third kappa shape index (κ3) is 4.11. The zero-order valence-corrected chi connectivity index (χ0v) is 29.3. The van der Waals surface area contributed by atoms with Crippen LogP contribution < -0.4 is 4.90 Å². The van der Waals surface area contributed by atoms with Crippen LogP contribution in [0.4, 0.5) is 17.1 Å². The molecule has 1 atom stereocenters. The highest BCUT2D eigenvalue weighted by Crippen LogP contribution is 2.63. The van der Waals surface area contributed by atoms with Crippen LogP contribution >= 0.6 is 0 Å². The maximum Gasteiger partial charge on any atom is 0.0805 e. The average molecular weight is 675 g/mol. The molecule has 0 fully saturated rings. The molecule has 1 spiro atoms. The molecule has 0 amide bonds. The highest BCUT2D eigenvalue weighted by Gasteiger charge is 2.52. The van der Waals surface area contributed by atoms with Crippen molar-refractivity contribution in [2.45, 2.75) is 18.8 Å². The fraction of sp³-hybridized carbons (Fsp3) is 0.0588. The molecule has 248 valence electrons. The molecular weight excluding hydrogens is 641 g/mol. The monoisotopic (exact) mass is 674 g/mol. The third-order valence-corrected chi connectivity index (χ3v) is 11.6. The van der Waals surface area contributed by atoms with Gasteiger partial charge >= 0.3 is 0 Å². The number of hydrogen-bond donors (Lipinski definition) is 0. The number of para-hydroxylation sites is 3. The summed E-state index contributed by atoms with van der Waals surface area (Å²) in [7, 11) is 0. The topological polar surface area (TPSA) is 8.17 Å². The standard InChI is InChI=1S/C51H34N2/c1-2-34-25-28-41-39-19-9-12-22-45(39)51(47(41)31-34)46-23-13-10-20-40(46)42-29-26-38(33-48(42)51)52(35-15-5-3-6-16-35)37-27-30-50-44(32-37)43-21-11-14-24-49(43)53(50)36-17-7-4-8-18-36/h3-11,13-21,23-33H,2H2,1H3. The smallest absolute Gasteiger partial charge is 0.0805 e. The molecule has 0 N–H and O–H groups in total. The van der Waals surface area contributed by atoms with Gasteiger partial charge in [-0.15, -0.1) is 0 Å². The number of benzene rings is 7. The number of aryl methyl sites for hydroxylation is 1. The van der Waals surface area contributed by atoms with Crippen molar-refractivity contribution in [3.8, 4) is 27.9 Å². The normalized spacial score (nSPS) is 14.9. The highest BCUT2D eigenvalue weighted by atomic mass is 15.1. The SMILES string of the molecule is CCc1ccc2c(c1)C1(c3c#cccc3-2)c2ccccc2-c2ccc(N(c3ccccc3)c3ccc4c(c3)c3ccccc3n4-c3ccccc3)cc21. The molecule has 1 unspecified atom stereocenters. The molecule has 2 nitrogen and oxygen atoms in total. The first-order valence-electron chi connectivity index (χ1n) is 18.5. The van der Waals surface area contributed by atoms with E-state index in [1.807, 2.05) is 6.07 Å². The first-order chi connectivity index (χ1) is 26.3. The molecule has 0 aliphatic heterocycles. The quantitative estimate of drug-likeness (QED) is 0.176. The molecule has 1 heterocycles. The lowest BCUT2D eigenvalue weighted by Crippen LogP contribution is -2.26. The number of rotatable bonds is 5. The van der Waals surface area contributed by atoms with Gasteiger partial charge in [0, 0.05) is 39.1 Å². The van der Waals surface area contributed by atoms with Crippen molar-refractivity contribution < 1.29 is 0 Å². The Morgan fingerprint density at radius 3 is 2.04 bits per heavy atom. The van der Waals surface area contributed by atoms with Crippen LogP contribution in [0, 0.1) is 12.1 Å². The average Bonchev–Trinajstić information content (AvgIpc) is 3.83. The van der Waals surface area contributed by atoms with Crippen LogP contribution in [0.15, 0.2) is 176 Å². The van der Waals surface area contributed by atoms with Crippen LogP contribution in [0.25, 0.3) is 49.7 Å².